The van der Waals surface area contributed by atoms with E-state index in [-0.39, 0.29) is 53.1 Å². The number of nitrogens with one attached hydrogen (secondary N) is 1. The van der Waals surface area contributed by atoms with E-state index in [9.17, 15) is 19.8 Å². The van der Waals surface area contributed by atoms with Crippen LogP contribution in [0.1, 0.15) is 154 Å². The predicted octanol–water partition coefficient (Wildman–Crippen LogP) is 8.02. The third-order valence-electron chi connectivity index (χ3n) is 10.9. The number of guanidine groups is 1. The normalized spacial score (nSPS) is 18.7. The molecule has 322 valence electrons. The summed E-state index contributed by atoms with van der Waals surface area (Å²) in [6.07, 6.45) is 11.4. The number of phenols is 2. The fourth-order valence-electron chi connectivity index (χ4n) is 7.58. The van der Waals surface area contributed by atoms with E-state index in [2.05, 4.69) is 101 Å². The van der Waals surface area contributed by atoms with Gasteiger partial charge in [-0.25, -0.2) is 0 Å². The van der Waals surface area contributed by atoms with Crippen LogP contribution in [-0.4, -0.2) is 105 Å². The van der Waals surface area contributed by atoms with Gasteiger partial charge in [0, 0.05) is 59.3 Å². The van der Waals surface area contributed by atoms with Gasteiger partial charge in [0.25, 0.3) is 0 Å². The Morgan fingerprint density at radius 2 is 1.29 bits per heavy atom. The van der Waals surface area contributed by atoms with Crippen LogP contribution in [0.2, 0.25) is 0 Å². The monoisotopic (exact) mass is 842 g/mol. The van der Waals surface area contributed by atoms with Crippen LogP contribution in [0.5, 0.6) is 11.5 Å². The van der Waals surface area contributed by atoms with Gasteiger partial charge in [-0.05, 0) is 70.8 Å². The molecule has 11 nitrogen and oxygen atoms in total. The molecule has 2 atom stereocenters. The number of carboxylic acids is 2. The Kier molecular flexibility index (Phi) is 18.5. The minimum atomic E-state index is -1.31. The maximum Gasteiger partial charge on any atom is 0.348 e. The van der Waals surface area contributed by atoms with Crippen molar-refractivity contribution in [2.75, 3.05) is 32.7 Å². The van der Waals surface area contributed by atoms with Gasteiger partial charge in [0.05, 0.1) is 44.8 Å². The molecule has 3 aliphatic rings. The van der Waals surface area contributed by atoms with Crippen molar-refractivity contribution in [1.29, 1.82) is 0 Å². The van der Waals surface area contributed by atoms with Crippen LogP contribution in [0, 0.1) is 0 Å². The zero-order valence-electron chi connectivity index (χ0n) is 35.8. The molecule has 1 fully saturated rings. The summed E-state index contributed by atoms with van der Waals surface area (Å²) in [7, 11) is 0. The number of aromatic hydroxyl groups is 2. The molecular formula is C46H72CrN5O6+. The molecule has 0 saturated heterocycles. The van der Waals surface area contributed by atoms with Crippen LogP contribution in [0.4, 0.5) is 0 Å². The summed E-state index contributed by atoms with van der Waals surface area (Å²) >= 11 is 0. The Labute approximate surface area is 358 Å². The van der Waals surface area contributed by atoms with Crippen molar-refractivity contribution in [3.63, 3.8) is 0 Å². The molecule has 2 aliphatic heterocycles. The first-order chi connectivity index (χ1) is 26.1. The quantitative estimate of drug-likeness (QED) is 0.0915. The number of benzene rings is 2. The molecule has 0 aromatic heterocycles. The zero-order valence-corrected chi connectivity index (χ0v) is 37.1. The summed E-state index contributed by atoms with van der Waals surface area (Å²) in [5.74, 6) is -0.646. The van der Waals surface area contributed by atoms with E-state index in [1.165, 1.54) is 29.9 Å². The summed E-state index contributed by atoms with van der Waals surface area (Å²) in [5.41, 5.74) is 5.67. The number of hydrogen-bond donors (Lipinski definition) is 5. The predicted molar refractivity (Wildman–Crippen MR) is 232 cm³/mol. The first-order valence-corrected chi connectivity index (χ1v) is 20.5. The van der Waals surface area contributed by atoms with E-state index in [0.717, 1.165) is 93.5 Å². The van der Waals surface area contributed by atoms with Crippen LogP contribution >= 0.6 is 0 Å². The number of nitrogens with zero attached hydrogens (tertiary/aromatic N) is 4. The van der Waals surface area contributed by atoms with Crippen LogP contribution in [0.3, 0.4) is 0 Å². The van der Waals surface area contributed by atoms with Crippen molar-refractivity contribution in [2.45, 2.75) is 156 Å². The second-order valence-corrected chi connectivity index (χ2v) is 18.8. The number of aryl methyl sites for hydroxylation is 1. The van der Waals surface area contributed by atoms with Gasteiger partial charge >= 0.3 is 17.9 Å². The molecule has 0 radical (unpaired) electrons. The fourth-order valence-corrected chi connectivity index (χ4v) is 7.58. The average molecular weight is 843 g/mol. The standard InChI is InChI=1S/C42H63N5O2.C3H4O4.CH4.Cr/c1-40(2,3)32-23-29(15-12-19-46-21-14-22-47-20-13-18-43-39(46)47)37(48)30(24-32)27-44-35-16-10-11-17-36(35)45-28-31-25-33(41(4,5)6)26-34(38(31)49)42(7,8)9;4-2(5)1-3(6)7;;/h23-28,35-36H,10-22H2,1-9H3,(H2,44,45,48,49);1H2,(H,4,5)(H,6,7);1H4;/p+1. The number of aliphatic carboxylic acids is 2. The van der Waals surface area contributed by atoms with Crippen molar-refractivity contribution >= 4 is 30.3 Å². The smallest absolute Gasteiger partial charge is 0.348 e. The van der Waals surface area contributed by atoms with Gasteiger partial charge in [0.2, 0.25) is 0 Å². The Morgan fingerprint density at radius 1 is 0.776 bits per heavy atom. The van der Waals surface area contributed by atoms with Crippen molar-refractivity contribution in [2.24, 2.45) is 9.98 Å². The number of hydrogen-bond acceptors (Lipinski definition) is 8. The maximum atomic E-state index is 11.6. The van der Waals surface area contributed by atoms with Crippen LogP contribution in [0.25, 0.3) is 0 Å². The SMILES string of the molecule is C.CC(C)(C)c1cc(C=NC2CCCCC2N=Cc2cc(C(C)(C)C)cc(C(C)(C)C)c2O)c(O)c(CCCN2CCC[N+]3=C2NCCC3)c1.O=C(O)CC(=O)O.[Cr]. The molecule has 1 saturated carbocycles. The van der Waals surface area contributed by atoms with Gasteiger partial charge in [0.1, 0.15) is 17.9 Å². The van der Waals surface area contributed by atoms with Crippen LogP contribution in [0.15, 0.2) is 34.3 Å². The largest absolute Gasteiger partial charge is 0.507 e. The van der Waals surface area contributed by atoms with Crippen LogP contribution in [-0.2, 0) is 49.6 Å². The first-order valence-electron chi connectivity index (χ1n) is 20.5. The minimum absolute atomic E-state index is 0. The summed E-state index contributed by atoms with van der Waals surface area (Å²) in [4.78, 5) is 31.6. The molecule has 12 heteroatoms. The topological polar surface area (TPSA) is 158 Å². The molecule has 0 spiro atoms. The number of phenolic OH excluding ortho intramolecular Hbond substituents is 2. The van der Waals surface area contributed by atoms with Gasteiger partial charge < -0.3 is 20.4 Å². The van der Waals surface area contributed by atoms with E-state index in [1.54, 1.807) is 0 Å². The van der Waals surface area contributed by atoms with Gasteiger partial charge in [-0.2, -0.15) is 0 Å². The number of rotatable bonds is 10. The third kappa shape index (κ3) is 14.1. The third-order valence-corrected chi connectivity index (χ3v) is 10.9. The molecule has 5 N–H and O–H groups in total. The summed E-state index contributed by atoms with van der Waals surface area (Å²) < 4.78 is 2.50. The molecule has 0 amide bonds. The number of carboxylic acid groups (broad SMARTS) is 2. The Bertz CT molecular complexity index is 1790. The molecular weight excluding hydrogens is 771 g/mol. The summed E-state index contributed by atoms with van der Waals surface area (Å²) in [5, 5.41) is 42.0. The minimum Gasteiger partial charge on any atom is -0.507 e. The second kappa shape index (κ2) is 21.4. The molecule has 1 aliphatic carbocycles. The molecule has 2 unspecified atom stereocenters. The number of carbonyl (C=O) groups is 2. The molecule has 2 aromatic rings. The Balaban J connectivity index is 0.00000118. The van der Waals surface area contributed by atoms with Crippen molar-refractivity contribution in [3.8, 4) is 11.5 Å². The average Bonchev–Trinajstić information content (AvgIpc) is 3.10. The van der Waals surface area contributed by atoms with E-state index in [0.29, 0.717) is 11.5 Å². The van der Waals surface area contributed by atoms with E-state index >= 15 is 0 Å². The van der Waals surface area contributed by atoms with Gasteiger partial charge in [-0.15, -0.1) is 0 Å². The second-order valence-electron chi connectivity index (χ2n) is 18.8. The molecule has 2 heterocycles. The van der Waals surface area contributed by atoms with Gasteiger partial charge in [0.15, 0.2) is 0 Å². The Hall–Kier alpha value is -3.88. The van der Waals surface area contributed by atoms with E-state index in [4.69, 9.17) is 20.2 Å². The van der Waals surface area contributed by atoms with Gasteiger partial charge in [-0.3, -0.25) is 34.4 Å². The van der Waals surface area contributed by atoms with Crippen molar-refractivity contribution in [1.82, 2.24) is 10.2 Å². The fraction of sp³-hybridized carbons (Fsp3) is 0.630. The van der Waals surface area contributed by atoms with E-state index in [1.807, 2.05) is 12.4 Å². The van der Waals surface area contributed by atoms with Crippen molar-refractivity contribution < 1.29 is 52.0 Å². The molecule has 2 aromatic carbocycles. The number of aliphatic imine (C=N–C) groups is 2. The van der Waals surface area contributed by atoms with Crippen LogP contribution < -0.4 is 5.32 Å². The van der Waals surface area contributed by atoms with E-state index < -0.39 is 18.4 Å². The Morgan fingerprint density at radius 3 is 1.79 bits per heavy atom. The first kappa shape index (κ1) is 50.3. The summed E-state index contributed by atoms with van der Waals surface area (Å²) in [6, 6.07) is 8.64. The van der Waals surface area contributed by atoms with Crippen molar-refractivity contribution in [3.05, 3.63) is 57.6 Å². The summed E-state index contributed by atoms with van der Waals surface area (Å²) in [6.45, 7) is 25.2. The van der Waals surface area contributed by atoms with Gasteiger partial charge in [-0.1, -0.05) is 94.7 Å². The zero-order chi connectivity index (χ0) is 41.4. The molecule has 58 heavy (non-hydrogen) atoms. The molecule has 5 rings (SSSR count). The molecule has 0 bridgehead atoms. The maximum absolute atomic E-state index is 11.6.